The van der Waals surface area contributed by atoms with Gasteiger partial charge in [-0.25, -0.2) is 18.1 Å². The molecule has 0 radical (unpaired) electrons. The van der Waals surface area contributed by atoms with Crippen LogP contribution in [0.3, 0.4) is 0 Å². The number of rotatable bonds is 7. The van der Waals surface area contributed by atoms with Crippen molar-refractivity contribution < 1.29 is 18.3 Å². The van der Waals surface area contributed by atoms with Crippen molar-refractivity contribution in [3.05, 3.63) is 12.2 Å². The number of H-pyrrole nitrogens is 1. The smallest absolute Gasteiger partial charge is 0.303 e. The highest BCUT2D eigenvalue weighted by Crippen LogP contribution is 2.07. The Hall–Kier alpha value is -1.48. The molecule has 96 valence electrons. The van der Waals surface area contributed by atoms with Crippen molar-refractivity contribution >= 4 is 16.0 Å². The summed E-state index contributed by atoms with van der Waals surface area (Å²) < 4.78 is 25.5. The van der Waals surface area contributed by atoms with E-state index in [2.05, 4.69) is 19.9 Å². The molecule has 0 aliphatic rings. The predicted molar refractivity (Wildman–Crippen MR) is 58.6 cm³/mol. The van der Waals surface area contributed by atoms with E-state index in [9.17, 15) is 13.2 Å². The fraction of sp³-hybridized carbons (Fsp3) is 0.625. The number of carboxylic acids is 1. The number of nitrogens with zero attached hydrogens (tertiary/aromatic N) is 2. The van der Waals surface area contributed by atoms with Crippen LogP contribution >= 0.6 is 0 Å². The van der Waals surface area contributed by atoms with E-state index in [1.54, 1.807) is 6.92 Å². The maximum Gasteiger partial charge on any atom is 0.303 e. The van der Waals surface area contributed by atoms with Gasteiger partial charge in [0.2, 0.25) is 10.0 Å². The van der Waals surface area contributed by atoms with Gasteiger partial charge in [0.15, 0.2) is 0 Å². The fourth-order valence-corrected chi connectivity index (χ4v) is 2.51. The average molecular weight is 262 g/mol. The van der Waals surface area contributed by atoms with Crippen LogP contribution in [0.2, 0.25) is 0 Å². The van der Waals surface area contributed by atoms with Gasteiger partial charge >= 0.3 is 5.97 Å². The minimum absolute atomic E-state index is 0.0772. The molecule has 0 saturated carbocycles. The van der Waals surface area contributed by atoms with Gasteiger partial charge in [0.1, 0.15) is 12.2 Å². The molecule has 9 heteroatoms. The summed E-state index contributed by atoms with van der Waals surface area (Å²) in [6.45, 7) is 1.62. The summed E-state index contributed by atoms with van der Waals surface area (Å²) >= 11 is 0. The van der Waals surface area contributed by atoms with Gasteiger partial charge in [-0.1, -0.05) is 0 Å². The first-order chi connectivity index (χ1) is 7.91. The molecule has 0 aliphatic heterocycles. The van der Waals surface area contributed by atoms with Crippen LogP contribution in [0.4, 0.5) is 0 Å². The second kappa shape index (κ2) is 5.73. The van der Waals surface area contributed by atoms with E-state index in [0.29, 0.717) is 5.82 Å². The average Bonchev–Trinajstić information content (AvgIpc) is 2.68. The minimum Gasteiger partial charge on any atom is -0.481 e. The van der Waals surface area contributed by atoms with Crippen LogP contribution in [0, 0.1) is 0 Å². The summed E-state index contributed by atoms with van der Waals surface area (Å²) in [5, 5.41) is 14.6. The quantitative estimate of drug-likeness (QED) is 0.616. The number of hydrogen-bond acceptors (Lipinski definition) is 5. The Morgan fingerprint density at radius 2 is 2.35 bits per heavy atom. The summed E-state index contributed by atoms with van der Waals surface area (Å²) in [5.74, 6) is -0.826. The third-order valence-corrected chi connectivity index (χ3v) is 3.54. The topological polar surface area (TPSA) is 125 Å². The molecule has 1 aromatic rings. The SMILES string of the molecule is CC(NS(=O)(=O)CCCC(=O)O)c1ncn[nH]1. The van der Waals surface area contributed by atoms with E-state index in [0.717, 1.165) is 0 Å². The van der Waals surface area contributed by atoms with Crippen molar-refractivity contribution in [1.82, 2.24) is 19.9 Å². The lowest BCUT2D eigenvalue weighted by Crippen LogP contribution is -2.30. The molecular weight excluding hydrogens is 248 g/mol. The van der Waals surface area contributed by atoms with E-state index >= 15 is 0 Å². The van der Waals surface area contributed by atoms with Crippen molar-refractivity contribution in [2.75, 3.05) is 5.75 Å². The Balaban J connectivity index is 2.46. The molecule has 1 aromatic heterocycles. The van der Waals surface area contributed by atoms with Crippen molar-refractivity contribution in [3.63, 3.8) is 0 Å². The zero-order valence-corrected chi connectivity index (χ0v) is 10.1. The first-order valence-electron chi connectivity index (χ1n) is 4.98. The lowest BCUT2D eigenvalue weighted by Gasteiger charge is -2.11. The zero-order valence-electron chi connectivity index (χ0n) is 9.25. The van der Waals surface area contributed by atoms with Crippen LogP contribution in [-0.4, -0.2) is 40.4 Å². The van der Waals surface area contributed by atoms with Gasteiger partial charge in [0.25, 0.3) is 0 Å². The van der Waals surface area contributed by atoms with E-state index in [1.807, 2.05) is 0 Å². The number of sulfonamides is 1. The molecule has 0 bridgehead atoms. The zero-order chi connectivity index (χ0) is 12.9. The maximum atomic E-state index is 11.6. The normalized spacial score (nSPS) is 13.5. The standard InChI is InChI=1S/C8H14N4O4S/c1-6(8-9-5-10-11-8)12-17(15,16)4-2-3-7(13)14/h5-6,12H,2-4H2,1H3,(H,13,14)(H,9,10,11). The first-order valence-corrected chi connectivity index (χ1v) is 6.63. The summed E-state index contributed by atoms with van der Waals surface area (Å²) in [6, 6.07) is -0.521. The Morgan fingerprint density at radius 1 is 1.65 bits per heavy atom. The van der Waals surface area contributed by atoms with Gasteiger partial charge in [-0.15, -0.1) is 0 Å². The Morgan fingerprint density at radius 3 is 2.88 bits per heavy atom. The highest BCUT2D eigenvalue weighted by molar-refractivity contribution is 7.89. The maximum absolute atomic E-state index is 11.6. The van der Waals surface area contributed by atoms with E-state index in [4.69, 9.17) is 5.11 Å². The van der Waals surface area contributed by atoms with Crippen LogP contribution < -0.4 is 4.72 Å². The van der Waals surface area contributed by atoms with Crippen molar-refractivity contribution in [1.29, 1.82) is 0 Å². The van der Waals surface area contributed by atoms with Crippen LogP contribution in [0.15, 0.2) is 6.33 Å². The van der Waals surface area contributed by atoms with Crippen molar-refractivity contribution in [2.24, 2.45) is 0 Å². The molecule has 1 heterocycles. The van der Waals surface area contributed by atoms with Gasteiger partial charge in [-0.3, -0.25) is 9.89 Å². The number of carbonyl (C=O) groups is 1. The summed E-state index contributed by atoms with van der Waals surface area (Å²) in [7, 11) is -3.50. The molecule has 3 N–H and O–H groups in total. The van der Waals surface area contributed by atoms with Crippen molar-refractivity contribution in [3.8, 4) is 0 Å². The predicted octanol–water partition coefficient (Wildman–Crippen LogP) is -0.350. The Labute approximate surface area is 98.5 Å². The third-order valence-electron chi connectivity index (χ3n) is 2.00. The molecule has 0 amide bonds. The number of nitrogens with one attached hydrogen (secondary N) is 2. The lowest BCUT2D eigenvalue weighted by atomic mass is 10.3. The van der Waals surface area contributed by atoms with E-state index < -0.39 is 22.0 Å². The molecule has 0 fully saturated rings. The molecule has 0 saturated heterocycles. The summed E-state index contributed by atoms with van der Waals surface area (Å²) in [5.41, 5.74) is 0. The van der Waals surface area contributed by atoms with Crippen LogP contribution in [0.5, 0.6) is 0 Å². The van der Waals surface area contributed by atoms with Gasteiger partial charge in [0.05, 0.1) is 11.8 Å². The second-order valence-corrected chi connectivity index (χ2v) is 5.40. The molecule has 0 aromatic carbocycles. The van der Waals surface area contributed by atoms with E-state index in [-0.39, 0.29) is 18.6 Å². The lowest BCUT2D eigenvalue weighted by molar-refractivity contribution is -0.137. The molecule has 17 heavy (non-hydrogen) atoms. The highest BCUT2D eigenvalue weighted by atomic mass is 32.2. The van der Waals surface area contributed by atoms with Gasteiger partial charge in [-0.05, 0) is 13.3 Å². The van der Waals surface area contributed by atoms with Gasteiger partial charge in [0, 0.05) is 6.42 Å². The van der Waals surface area contributed by atoms with Crippen LogP contribution in [-0.2, 0) is 14.8 Å². The Kier molecular flexibility index (Phi) is 4.58. The van der Waals surface area contributed by atoms with Gasteiger partial charge < -0.3 is 5.11 Å². The first kappa shape index (κ1) is 13.6. The summed E-state index contributed by atoms with van der Waals surface area (Å²) in [6.07, 6.45) is 1.19. The molecule has 8 nitrogen and oxygen atoms in total. The largest absolute Gasteiger partial charge is 0.481 e. The van der Waals surface area contributed by atoms with Crippen molar-refractivity contribution in [2.45, 2.75) is 25.8 Å². The fourth-order valence-electron chi connectivity index (χ4n) is 1.22. The molecule has 0 aliphatic carbocycles. The molecule has 1 atom stereocenters. The Bertz CT molecular complexity index is 456. The number of aromatic nitrogens is 3. The number of carboxylic acid groups (broad SMARTS) is 1. The molecular formula is C8H14N4O4S. The highest BCUT2D eigenvalue weighted by Gasteiger charge is 2.17. The number of aromatic amines is 1. The van der Waals surface area contributed by atoms with E-state index in [1.165, 1.54) is 6.33 Å². The second-order valence-electron chi connectivity index (χ2n) is 3.53. The third kappa shape index (κ3) is 4.91. The monoisotopic (exact) mass is 262 g/mol. The van der Waals surface area contributed by atoms with Gasteiger partial charge in [-0.2, -0.15) is 5.10 Å². The van der Waals surface area contributed by atoms with Crippen LogP contribution in [0.1, 0.15) is 31.6 Å². The molecule has 1 unspecified atom stereocenters. The van der Waals surface area contributed by atoms with Crippen LogP contribution in [0.25, 0.3) is 0 Å². The molecule has 1 rings (SSSR count). The molecule has 0 spiro atoms. The number of aliphatic carboxylic acids is 1. The minimum atomic E-state index is -3.50. The number of hydrogen-bond donors (Lipinski definition) is 3. The summed E-state index contributed by atoms with van der Waals surface area (Å²) in [4.78, 5) is 14.1.